The minimum Gasteiger partial charge on any atom is -0.475 e. The smallest absolute Gasteiger partial charge is 0.475 e. The van der Waals surface area contributed by atoms with E-state index in [1.165, 1.54) is 29.7 Å². The Morgan fingerprint density at radius 2 is 2.00 bits per heavy atom. The van der Waals surface area contributed by atoms with E-state index in [9.17, 15) is 22.4 Å². The molecule has 31 heavy (non-hydrogen) atoms. The molecule has 12 heteroatoms. The molecular formula is C19H18F4N2O5S. The van der Waals surface area contributed by atoms with Crippen molar-refractivity contribution in [2.45, 2.75) is 37.3 Å². The van der Waals surface area contributed by atoms with Crippen LogP contribution in [0.2, 0.25) is 0 Å². The van der Waals surface area contributed by atoms with Crippen LogP contribution in [0.4, 0.5) is 17.6 Å². The van der Waals surface area contributed by atoms with Crippen molar-refractivity contribution in [3.05, 3.63) is 46.5 Å². The molecule has 168 valence electrons. The van der Waals surface area contributed by atoms with Gasteiger partial charge in [-0.2, -0.15) is 13.2 Å². The molecule has 0 spiro atoms. The second kappa shape index (κ2) is 9.60. The molecule has 1 aliphatic carbocycles. The lowest BCUT2D eigenvalue weighted by molar-refractivity contribution is -0.192. The molecule has 1 aliphatic heterocycles. The highest BCUT2D eigenvalue weighted by molar-refractivity contribution is 7.12. The third-order valence-electron chi connectivity index (χ3n) is 4.76. The largest absolute Gasteiger partial charge is 0.490 e. The van der Waals surface area contributed by atoms with E-state index >= 15 is 0 Å². The normalized spacial score (nSPS) is 22.8. The molecule has 0 radical (unpaired) electrons. The quantitative estimate of drug-likeness (QED) is 0.704. The van der Waals surface area contributed by atoms with Gasteiger partial charge in [0.15, 0.2) is 5.82 Å². The van der Waals surface area contributed by atoms with E-state index in [4.69, 9.17) is 19.4 Å². The number of halogens is 4. The molecule has 1 saturated carbocycles. The molecule has 1 amide bonds. The van der Waals surface area contributed by atoms with Crippen molar-refractivity contribution < 1.29 is 41.7 Å². The number of carboxylic acids is 1. The van der Waals surface area contributed by atoms with Gasteiger partial charge in [-0.1, -0.05) is 6.07 Å². The van der Waals surface area contributed by atoms with Gasteiger partial charge >= 0.3 is 12.1 Å². The highest BCUT2D eigenvalue weighted by Gasteiger charge is 2.46. The van der Waals surface area contributed by atoms with Gasteiger partial charge in [0.1, 0.15) is 12.2 Å². The van der Waals surface area contributed by atoms with Crippen LogP contribution in [-0.4, -0.2) is 64.4 Å². The van der Waals surface area contributed by atoms with Crippen molar-refractivity contribution in [1.29, 1.82) is 0 Å². The molecule has 2 fully saturated rings. The number of pyridine rings is 1. The fourth-order valence-corrected chi connectivity index (χ4v) is 4.12. The van der Waals surface area contributed by atoms with Crippen molar-refractivity contribution in [2.75, 3.05) is 13.2 Å². The predicted molar refractivity (Wildman–Crippen MR) is 100 cm³/mol. The van der Waals surface area contributed by atoms with E-state index in [0.717, 1.165) is 11.3 Å². The number of fused-ring (bicyclic) bond motifs is 1. The van der Waals surface area contributed by atoms with Gasteiger partial charge in [-0.25, -0.2) is 14.2 Å². The molecular weight excluding hydrogens is 444 g/mol. The number of carboxylic acid groups (broad SMARTS) is 1. The van der Waals surface area contributed by atoms with E-state index < -0.39 is 18.0 Å². The van der Waals surface area contributed by atoms with Crippen LogP contribution < -0.4 is 4.74 Å². The van der Waals surface area contributed by atoms with Crippen LogP contribution in [0.25, 0.3) is 0 Å². The van der Waals surface area contributed by atoms with Gasteiger partial charge in [-0.15, -0.1) is 11.3 Å². The number of rotatable bonds is 3. The van der Waals surface area contributed by atoms with Gasteiger partial charge in [0, 0.05) is 12.7 Å². The highest BCUT2D eigenvalue weighted by atomic mass is 32.1. The average molecular weight is 462 g/mol. The molecule has 2 aromatic rings. The maximum atomic E-state index is 13.8. The zero-order valence-corrected chi connectivity index (χ0v) is 16.7. The van der Waals surface area contributed by atoms with Crippen molar-refractivity contribution in [2.24, 2.45) is 0 Å². The third kappa shape index (κ3) is 5.50. The molecule has 4 rings (SSSR count). The topological polar surface area (TPSA) is 89.0 Å². The van der Waals surface area contributed by atoms with Gasteiger partial charge in [-0.3, -0.25) is 4.79 Å². The lowest BCUT2D eigenvalue weighted by atomic mass is 10.1. The first-order chi connectivity index (χ1) is 14.7. The van der Waals surface area contributed by atoms with Crippen LogP contribution >= 0.6 is 11.3 Å². The van der Waals surface area contributed by atoms with Gasteiger partial charge in [0.25, 0.3) is 11.8 Å². The first-order valence-corrected chi connectivity index (χ1v) is 10.1. The number of ether oxygens (including phenoxy) is 2. The van der Waals surface area contributed by atoms with E-state index in [1.807, 2.05) is 22.4 Å². The molecule has 3 heterocycles. The lowest BCUT2D eigenvalue weighted by Gasteiger charge is -2.38. The second-order valence-corrected chi connectivity index (χ2v) is 7.65. The van der Waals surface area contributed by atoms with Crippen molar-refractivity contribution in [1.82, 2.24) is 9.88 Å². The van der Waals surface area contributed by atoms with Gasteiger partial charge < -0.3 is 19.5 Å². The molecule has 1 N–H and O–H groups in total. The Balaban J connectivity index is 0.000000339. The van der Waals surface area contributed by atoms with Gasteiger partial charge in [0.05, 0.1) is 17.5 Å². The fraction of sp³-hybridized carbons (Fsp3) is 0.421. The van der Waals surface area contributed by atoms with Crippen molar-refractivity contribution in [3.63, 3.8) is 0 Å². The number of hydrogen-bond acceptors (Lipinski definition) is 6. The van der Waals surface area contributed by atoms with Crippen LogP contribution in [0.3, 0.4) is 0 Å². The standard InChI is InChI=1S/C17H17FN2O3S.C2HF3O2/c18-11-3-1-7-19-16(11)23-13-6-5-12-15(13)22-9-8-20(12)17(21)14-4-2-10-24-14;3-2(4,5)1(6)7/h1-4,7,10,12-13,15H,5-6,8-9H2;(H,6,7)/t12-,13+,15+;/m0./s1. The number of hydrogen-bond donors (Lipinski definition) is 1. The minimum atomic E-state index is -5.08. The summed E-state index contributed by atoms with van der Waals surface area (Å²) in [6.07, 6.45) is -2.64. The minimum absolute atomic E-state index is 0.00606. The van der Waals surface area contributed by atoms with Crippen LogP contribution in [0.1, 0.15) is 22.5 Å². The van der Waals surface area contributed by atoms with Gasteiger partial charge in [-0.05, 0) is 36.4 Å². The average Bonchev–Trinajstić information content (AvgIpc) is 3.39. The SMILES string of the molecule is O=C(O)C(F)(F)F.O=C(c1cccs1)N1CCO[C@H]2[C@H](Oc3ncccc3F)CC[C@@H]21. The van der Waals surface area contributed by atoms with E-state index in [0.29, 0.717) is 19.6 Å². The molecule has 3 atom stereocenters. The summed E-state index contributed by atoms with van der Waals surface area (Å²) < 4.78 is 57.1. The summed E-state index contributed by atoms with van der Waals surface area (Å²) in [6, 6.07) is 6.52. The molecule has 0 bridgehead atoms. The predicted octanol–water partition coefficient (Wildman–Crippen LogP) is 3.37. The summed E-state index contributed by atoms with van der Waals surface area (Å²) in [5.74, 6) is -3.21. The second-order valence-electron chi connectivity index (χ2n) is 6.71. The molecule has 0 unspecified atom stereocenters. The zero-order chi connectivity index (χ0) is 22.6. The number of nitrogens with zero attached hydrogens (tertiary/aromatic N) is 2. The van der Waals surface area contributed by atoms with E-state index in [2.05, 4.69) is 4.98 Å². The Bertz CT molecular complexity index is 909. The summed E-state index contributed by atoms with van der Waals surface area (Å²) >= 11 is 1.44. The van der Waals surface area contributed by atoms with Crippen molar-refractivity contribution in [3.8, 4) is 5.88 Å². The van der Waals surface area contributed by atoms with Gasteiger partial charge in [0.2, 0.25) is 0 Å². The first kappa shape index (κ1) is 22.9. The lowest BCUT2D eigenvalue weighted by Crippen LogP contribution is -2.54. The first-order valence-electron chi connectivity index (χ1n) is 9.22. The van der Waals surface area contributed by atoms with E-state index in [-0.39, 0.29) is 30.0 Å². The summed E-state index contributed by atoms with van der Waals surface area (Å²) in [4.78, 5) is 28.1. The number of thiophene rings is 1. The number of alkyl halides is 3. The Hall–Kier alpha value is -2.73. The van der Waals surface area contributed by atoms with Crippen LogP contribution in [0, 0.1) is 5.82 Å². The maximum Gasteiger partial charge on any atom is 0.490 e. The summed E-state index contributed by atoms with van der Waals surface area (Å²) in [5.41, 5.74) is 0. The molecule has 0 aromatic carbocycles. The zero-order valence-electron chi connectivity index (χ0n) is 15.9. The van der Waals surface area contributed by atoms with Crippen LogP contribution in [-0.2, 0) is 9.53 Å². The molecule has 2 aromatic heterocycles. The number of aliphatic carboxylic acids is 1. The monoisotopic (exact) mass is 462 g/mol. The Morgan fingerprint density at radius 3 is 2.61 bits per heavy atom. The molecule has 1 saturated heterocycles. The number of aromatic nitrogens is 1. The summed E-state index contributed by atoms with van der Waals surface area (Å²) in [7, 11) is 0. The maximum absolute atomic E-state index is 13.8. The Kier molecular flexibility index (Phi) is 7.11. The molecule has 2 aliphatic rings. The number of amides is 1. The highest BCUT2D eigenvalue weighted by Crippen LogP contribution is 2.34. The van der Waals surface area contributed by atoms with Crippen molar-refractivity contribution >= 4 is 23.2 Å². The Morgan fingerprint density at radius 1 is 1.26 bits per heavy atom. The van der Waals surface area contributed by atoms with E-state index in [1.54, 1.807) is 0 Å². The third-order valence-corrected chi connectivity index (χ3v) is 5.62. The molecule has 7 nitrogen and oxygen atoms in total. The van der Waals surface area contributed by atoms with Crippen LogP contribution in [0.5, 0.6) is 5.88 Å². The summed E-state index contributed by atoms with van der Waals surface area (Å²) in [6.45, 7) is 1.03. The number of carbonyl (C=O) groups is 2. The van der Waals surface area contributed by atoms with Crippen LogP contribution in [0.15, 0.2) is 35.8 Å². The Labute approximate surface area is 178 Å². The fourth-order valence-electron chi connectivity index (χ4n) is 3.44. The number of carbonyl (C=O) groups excluding carboxylic acids is 1. The summed E-state index contributed by atoms with van der Waals surface area (Å²) in [5, 5.41) is 9.02. The number of morpholine rings is 1.